The van der Waals surface area contributed by atoms with Gasteiger partial charge in [-0.05, 0) is 31.4 Å². The van der Waals surface area contributed by atoms with Gasteiger partial charge in [0.2, 0.25) is 5.91 Å². The molecular weight excluding hydrogens is 314 g/mol. The van der Waals surface area contributed by atoms with Crippen LogP contribution < -0.4 is 4.90 Å². The number of anilines is 1. The van der Waals surface area contributed by atoms with Crippen molar-refractivity contribution in [2.75, 3.05) is 57.4 Å². The molecule has 0 radical (unpaired) electrons. The lowest BCUT2D eigenvalue weighted by atomic mass is 10.0. The molecule has 138 valence electrons. The topological polar surface area (TPSA) is 36.0 Å². The minimum absolute atomic E-state index is 0.154. The van der Waals surface area contributed by atoms with Crippen molar-refractivity contribution in [3.63, 3.8) is 0 Å². The van der Waals surface area contributed by atoms with Crippen molar-refractivity contribution in [3.05, 3.63) is 30.3 Å². The molecule has 1 atom stereocenters. The van der Waals surface area contributed by atoms with Crippen LogP contribution in [-0.4, -0.2) is 74.2 Å². The molecule has 0 N–H and O–H groups in total. The number of amides is 1. The summed E-state index contributed by atoms with van der Waals surface area (Å²) in [4.78, 5) is 19.4. The van der Waals surface area contributed by atoms with Crippen LogP contribution in [0.2, 0.25) is 0 Å². The van der Waals surface area contributed by atoms with Gasteiger partial charge in [0.15, 0.2) is 0 Å². The van der Waals surface area contributed by atoms with Crippen LogP contribution in [0.5, 0.6) is 0 Å². The minimum Gasteiger partial charge on any atom is -0.372 e. The highest BCUT2D eigenvalue weighted by Gasteiger charge is 2.29. The molecule has 1 amide bonds. The second kappa shape index (κ2) is 9.20. The lowest BCUT2D eigenvalue weighted by Gasteiger charge is -2.44. The van der Waals surface area contributed by atoms with Crippen LogP contribution in [0, 0.1) is 0 Å². The summed E-state index contributed by atoms with van der Waals surface area (Å²) >= 11 is 0. The van der Waals surface area contributed by atoms with Gasteiger partial charge in [-0.2, -0.15) is 0 Å². The number of piperidine rings is 1. The highest BCUT2D eigenvalue weighted by atomic mass is 16.5. The molecule has 5 nitrogen and oxygen atoms in total. The molecule has 0 aromatic heterocycles. The third-order valence-electron chi connectivity index (χ3n) is 5.28. The molecular formula is C20H31N3O2. The molecule has 1 aromatic carbocycles. The summed E-state index contributed by atoms with van der Waals surface area (Å²) in [5.74, 6) is 0.154. The maximum Gasteiger partial charge on any atom is 0.248 e. The van der Waals surface area contributed by atoms with Crippen molar-refractivity contribution in [3.8, 4) is 0 Å². The number of ether oxygens (including phenoxy) is 1. The molecule has 2 aliphatic heterocycles. The van der Waals surface area contributed by atoms with Crippen LogP contribution in [0.3, 0.4) is 0 Å². The normalized spacial score (nSPS) is 22.2. The van der Waals surface area contributed by atoms with Gasteiger partial charge >= 0.3 is 0 Å². The number of hydrogen-bond donors (Lipinski definition) is 0. The lowest BCUT2D eigenvalue weighted by Crippen LogP contribution is -2.56. The van der Waals surface area contributed by atoms with E-state index in [1.54, 1.807) is 0 Å². The smallest absolute Gasteiger partial charge is 0.248 e. The largest absolute Gasteiger partial charge is 0.372 e. The van der Waals surface area contributed by atoms with Gasteiger partial charge < -0.3 is 14.5 Å². The third-order valence-corrected chi connectivity index (χ3v) is 5.28. The zero-order valence-electron chi connectivity index (χ0n) is 15.4. The van der Waals surface area contributed by atoms with Crippen LogP contribution in [0.15, 0.2) is 30.3 Å². The fourth-order valence-corrected chi connectivity index (χ4v) is 3.86. The first-order chi connectivity index (χ1) is 12.3. The summed E-state index contributed by atoms with van der Waals surface area (Å²) in [6, 6.07) is 11.2. The van der Waals surface area contributed by atoms with Crippen LogP contribution in [0.4, 0.5) is 5.69 Å². The molecule has 0 bridgehead atoms. The SMILES string of the molecule is CCCOCC(=O)N1CCC[C@@H](N2CCN(c3ccccc3)CC2)C1. The Morgan fingerprint density at radius 1 is 1.12 bits per heavy atom. The number of piperazine rings is 1. The fraction of sp³-hybridized carbons (Fsp3) is 0.650. The first-order valence-corrected chi connectivity index (χ1v) is 9.67. The molecule has 25 heavy (non-hydrogen) atoms. The Morgan fingerprint density at radius 3 is 2.60 bits per heavy atom. The summed E-state index contributed by atoms with van der Waals surface area (Å²) in [5.41, 5.74) is 1.32. The van der Waals surface area contributed by atoms with Gasteiger partial charge in [0.25, 0.3) is 0 Å². The number of carbonyl (C=O) groups is 1. The Labute approximate surface area is 151 Å². The minimum atomic E-state index is 0.154. The molecule has 2 heterocycles. The summed E-state index contributed by atoms with van der Waals surface area (Å²) < 4.78 is 5.43. The number of hydrogen-bond acceptors (Lipinski definition) is 4. The van der Waals surface area contributed by atoms with Gasteiger partial charge in [0, 0.05) is 57.6 Å². The van der Waals surface area contributed by atoms with E-state index >= 15 is 0 Å². The molecule has 2 aliphatic rings. The zero-order valence-corrected chi connectivity index (χ0v) is 15.4. The van der Waals surface area contributed by atoms with E-state index in [0.29, 0.717) is 12.6 Å². The highest BCUT2D eigenvalue weighted by molar-refractivity contribution is 5.77. The fourth-order valence-electron chi connectivity index (χ4n) is 3.86. The Bertz CT molecular complexity index is 529. The third kappa shape index (κ3) is 4.95. The molecule has 2 saturated heterocycles. The Balaban J connectivity index is 1.47. The van der Waals surface area contributed by atoms with Crippen LogP contribution >= 0.6 is 0 Å². The Kier molecular flexibility index (Phi) is 6.70. The van der Waals surface area contributed by atoms with Gasteiger partial charge in [-0.15, -0.1) is 0 Å². The Morgan fingerprint density at radius 2 is 1.88 bits per heavy atom. The molecule has 3 rings (SSSR count). The van der Waals surface area contributed by atoms with E-state index in [1.165, 1.54) is 12.1 Å². The molecule has 0 aliphatic carbocycles. The quantitative estimate of drug-likeness (QED) is 0.741. The first kappa shape index (κ1) is 18.2. The van der Waals surface area contributed by atoms with Gasteiger partial charge in [-0.3, -0.25) is 9.69 Å². The predicted octanol–water partition coefficient (Wildman–Crippen LogP) is 2.23. The molecule has 5 heteroatoms. The van der Waals surface area contributed by atoms with Gasteiger partial charge in [-0.1, -0.05) is 25.1 Å². The maximum atomic E-state index is 12.3. The van der Waals surface area contributed by atoms with E-state index in [1.807, 2.05) is 4.90 Å². The number of benzene rings is 1. The summed E-state index contributed by atoms with van der Waals surface area (Å²) in [7, 11) is 0. The second-order valence-electron chi connectivity index (χ2n) is 7.05. The number of nitrogens with zero attached hydrogens (tertiary/aromatic N) is 3. The van der Waals surface area contributed by atoms with Gasteiger partial charge in [0.1, 0.15) is 6.61 Å². The maximum absolute atomic E-state index is 12.3. The molecule has 0 spiro atoms. The van der Waals surface area contributed by atoms with Gasteiger partial charge in [0.05, 0.1) is 0 Å². The van der Waals surface area contributed by atoms with E-state index in [0.717, 1.165) is 52.1 Å². The highest BCUT2D eigenvalue weighted by Crippen LogP contribution is 2.21. The van der Waals surface area contributed by atoms with E-state index in [4.69, 9.17) is 4.74 Å². The lowest BCUT2D eigenvalue weighted by molar-refractivity contribution is -0.138. The average Bonchev–Trinajstić information content (AvgIpc) is 2.69. The van der Waals surface area contributed by atoms with Crippen molar-refractivity contribution >= 4 is 11.6 Å². The van der Waals surface area contributed by atoms with E-state index in [-0.39, 0.29) is 12.5 Å². The first-order valence-electron chi connectivity index (χ1n) is 9.67. The summed E-state index contributed by atoms with van der Waals surface area (Å²) in [6.07, 6.45) is 3.26. The molecule has 0 unspecified atom stereocenters. The number of para-hydroxylation sites is 1. The standard InChI is InChI=1S/C20H31N3O2/c1-2-15-25-17-20(24)23-10-6-9-19(16-23)22-13-11-21(12-14-22)18-7-4-3-5-8-18/h3-5,7-8,19H,2,6,9-17H2,1H3/t19-/m1/s1. The predicted molar refractivity (Wildman–Crippen MR) is 101 cm³/mol. The number of likely N-dealkylation sites (tertiary alicyclic amines) is 1. The van der Waals surface area contributed by atoms with Crippen LogP contribution in [0.25, 0.3) is 0 Å². The van der Waals surface area contributed by atoms with Crippen molar-refractivity contribution in [2.45, 2.75) is 32.2 Å². The number of rotatable bonds is 6. The van der Waals surface area contributed by atoms with E-state index < -0.39 is 0 Å². The summed E-state index contributed by atoms with van der Waals surface area (Å²) in [6.45, 7) is 9.00. The molecule has 0 saturated carbocycles. The summed E-state index contributed by atoms with van der Waals surface area (Å²) in [5, 5.41) is 0. The molecule has 2 fully saturated rings. The van der Waals surface area contributed by atoms with Crippen LogP contribution in [0.1, 0.15) is 26.2 Å². The van der Waals surface area contributed by atoms with Crippen molar-refractivity contribution in [1.29, 1.82) is 0 Å². The van der Waals surface area contributed by atoms with Crippen molar-refractivity contribution in [2.24, 2.45) is 0 Å². The second-order valence-corrected chi connectivity index (χ2v) is 7.05. The van der Waals surface area contributed by atoms with Crippen molar-refractivity contribution in [1.82, 2.24) is 9.80 Å². The van der Waals surface area contributed by atoms with Crippen LogP contribution in [-0.2, 0) is 9.53 Å². The zero-order chi connectivity index (χ0) is 17.5. The number of carbonyl (C=O) groups excluding carboxylic acids is 1. The van der Waals surface area contributed by atoms with E-state index in [9.17, 15) is 4.79 Å². The Hall–Kier alpha value is -1.59. The average molecular weight is 345 g/mol. The molecule has 1 aromatic rings. The van der Waals surface area contributed by atoms with Crippen molar-refractivity contribution < 1.29 is 9.53 Å². The monoisotopic (exact) mass is 345 g/mol. The van der Waals surface area contributed by atoms with E-state index in [2.05, 4.69) is 47.1 Å². The van der Waals surface area contributed by atoms with Gasteiger partial charge in [-0.25, -0.2) is 0 Å².